The van der Waals surface area contributed by atoms with Crippen LogP contribution in [0.4, 0.5) is 0 Å². The molecule has 0 aromatic rings. The second-order valence-corrected chi connectivity index (χ2v) is 5.65. The average Bonchev–Trinajstić information content (AvgIpc) is 2.72. The number of nitrogens with zero attached hydrogens (tertiary/aromatic N) is 1. The van der Waals surface area contributed by atoms with Crippen LogP contribution in [0.1, 0.15) is 52.4 Å². The van der Waals surface area contributed by atoms with Gasteiger partial charge >= 0.3 is 0 Å². The number of fused-ring (bicyclic) bond motifs is 1. The molecule has 1 heterocycles. The molecule has 0 aromatic carbocycles. The van der Waals surface area contributed by atoms with E-state index >= 15 is 0 Å². The molecule has 98 valence electrons. The van der Waals surface area contributed by atoms with E-state index in [9.17, 15) is 4.79 Å². The zero-order valence-electron chi connectivity index (χ0n) is 11.2. The third kappa shape index (κ3) is 3.01. The van der Waals surface area contributed by atoms with Crippen molar-refractivity contribution in [2.75, 3.05) is 13.1 Å². The molecule has 3 heteroatoms. The fourth-order valence-electron chi connectivity index (χ4n) is 3.52. The normalized spacial score (nSPS) is 30.1. The van der Waals surface area contributed by atoms with Gasteiger partial charge in [-0.15, -0.1) is 0 Å². The van der Waals surface area contributed by atoms with Gasteiger partial charge in [0.25, 0.3) is 0 Å². The first-order valence-electron chi connectivity index (χ1n) is 7.25. The maximum Gasteiger partial charge on any atom is 0.224 e. The Kier molecular flexibility index (Phi) is 4.43. The van der Waals surface area contributed by atoms with E-state index in [-0.39, 0.29) is 0 Å². The van der Waals surface area contributed by atoms with Crippen LogP contribution in [0.15, 0.2) is 0 Å². The average molecular weight is 238 g/mol. The van der Waals surface area contributed by atoms with E-state index in [1.807, 2.05) is 0 Å². The number of hydrogen-bond acceptors (Lipinski definition) is 2. The smallest absolute Gasteiger partial charge is 0.224 e. The summed E-state index contributed by atoms with van der Waals surface area (Å²) >= 11 is 0. The van der Waals surface area contributed by atoms with Gasteiger partial charge in [-0.05, 0) is 38.6 Å². The van der Waals surface area contributed by atoms with Gasteiger partial charge in [0.1, 0.15) is 0 Å². The minimum atomic E-state index is 0.315. The van der Waals surface area contributed by atoms with Crippen molar-refractivity contribution >= 4 is 5.91 Å². The van der Waals surface area contributed by atoms with Crippen LogP contribution in [-0.4, -0.2) is 36.0 Å². The van der Waals surface area contributed by atoms with Crippen molar-refractivity contribution in [2.24, 2.45) is 5.92 Å². The topological polar surface area (TPSA) is 32.3 Å². The van der Waals surface area contributed by atoms with Gasteiger partial charge < -0.3 is 10.2 Å². The Bertz CT molecular complexity index is 267. The summed E-state index contributed by atoms with van der Waals surface area (Å²) in [4.78, 5) is 14.4. The largest absolute Gasteiger partial charge is 0.339 e. The summed E-state index contributed by atoms with van der Waals surface area (Å²) in [5.74, 6) is 1.18. The molecule has 1 amide bonds. The summed E-state index contributed by atoms with van der Waals surface area (Å²) in [5, 5.41) is 3.32. The van der Waals surface area contributed by atoms with Crippen LogP contribution < -0.4 is 5.32 Å². The molecule has 1 saturated carbocycles. The molecule has 3 atom stereocenters. The standard InChI is InChI=1S/C14H26N2O/c1-3-15-11(2)10-14(17)16-9-8-12-6-4-5-7-13(12)16/h11-13,15H,3-10H2,1-2H3. The fourth-order valence-corrected chi connectivity index (χ4v) is 3.52. The van der Waals surface area contributed by atoms with Gasteiger partial charge in [-0.1, -0.05) is 19.8 Å². The summed E-state index contributed by atoms with van der Waals surface area (Å²) in [6, 6.07) is 0.889. The molecule has 0 aromatic heterocycles. The molecule has 3 nitrogen and oxygen atoms in total. The summed E-state index contributed by atoms with van der Waals surface area (Å²) in [5.41, 5.74) is 0. The van der Waals surface area contributed by atoms with E-state index in [4.69, 9.17) is 0 Å². The van der Waals surface area contributed by atoms with E-state index in [1.54, 1.807) is 0 Å². The zero-order valence-corrected chi connectivity index (χ0v) is 11.2. The fraction of sp³-hybridized carbons (Fsp3) is 0.929. The first-order valence-corrected chi connectivity index (χ1v) is 7.25. The molecule has 0 radical (unpaired) electrons. The number of amides is 1. The molecule has 0 bridgehead atoms. The number of rotatable bonds is 4. The van der Waals surface area contributed by atoms with Crippen LogP contribution in [0.2, 0.25) is 0 Å². The highest BCUT2D eigenvalue weighted by atomic mass is 16.2. The SMILES string of the molecule is CCNC(C)CC(=O)N1CCC2CCCCC21. The van der Waals surface area contributed by atoms with Crippen molar-refractivity contribution in [1.82, 2.24) is 10.2 Å². The van der Waals surface area contributed by atoms with Crippen molar-refractivity contribution < 1.29 is 4.79 Å². The predicted octanol–water partition coefficient (Wildman–Crippen LogP) is 2.17. The van der Waals surface area contributed by atoms with Crippen LogP contribution >= 0.6 is 0 Å². The maximum atomic E-state index is 12.3. The van der Waals surface area contributed by atoms with Gasteiger partial charge in [0, 0.05) is 25.0 Å². The van der Waals surface area contributed by atoms with Crippen LogP contribution in [0.5, 0.6) is 0 Å². The van der Waals surface area contributed by atoms with Gasteiger partial charge in [0.15, 0.2) is 0 Å². The number of hydrogen-bond donors (Lipinski definition) is 1. The molecule has 2 aliphatic rings. The highest BCUT2D eigenvalue weighted by Crippen LogP contribution is 2.36. The summed E-state index contributed by atoms with van der Waals surface area (Å²) < 4.78 is 0. The van der Waals surface area contributed by atoms with Crippen LogP contribution in [0, 0.1) is 5.92 Å². The molecular formula is C14H26N2O. The molecule has 1 N–H and O–H groups in total. The molecule has 2 fully saturated rings. The predicted molar refractivity (Wildman–Crippen MR) is 69.8 cm³/mol. The van der Waals surface area contributed by atoms with Gasteiger partial charge in [-0.2, -0.15) is 0 Å². The highest BCUT2D eigenvalue weighted by Gasteiger charge is 2.37. The van der Waals surface area contributed by atoms with Gasteiger partial charge in [-0.25, -0.2) is 0 Å². The Balaban J connectivity index is 1.87. The lowest BCUT2D eigenvalue weighted by Crippen LogP contribution is -2.42. The Morgan fingerprint density at radius 2 is 2.12 bits per heavy atom. The van der Waals surface area contributed by atoms with Crippen molar-refractivity contribution in [3.8, 4) is 0 Å². The van der Waals surface area contributed by atoms with Crippen LogP contribution in [0.25, 0.3) is 0 Å². The summed E-state index contributed by atoms with van der Waals surface area (Å²) in [6.07, 6.45) is 7.18. The first kappa shape index (κ1) is 12.9. The lowest BCUT2D eigenvalue weighted by Gasteiger charge is -2.32. The molecule has 1 aliphatic heterocycles. The summed E-state index contributed by atoms with van der Waals surface area (Å²) in [6.45, 7) is 6.15. The van der Waals surface area contributed by atoms with E-state index in [1.165, 1.54) is 32.1 Å². The van der Waals surface area contributed by atoms with E-state index in [2.05, 4.69) is 24.1 Å². The van der Waals surface area contributed by atoms with Gasteiger partial charge in [0.05, 0.1) is 0 Å². The van der Waals surface area contributed by atoms with E-state index < -0.39 is 0 Å². The van der Waals surface area contributed by atoms with Crippen molar-refractivity contribution in [3.05, 3.63) is 0 Å². The second-order valence-electron chi connectivity index (χ2n) is 5.65. The third-order valence-corrected chi connectivity index (χ3v) is 4.36. The first-order chi connectivity index (χ1) is 8.22. The Hall–Kier alpha value is -0.570. The number of carbonyl (C=O) groups excluding carboxylic acids is 1. The lowest BCUT2D eigenvalue weighted by molar-refractivity contribution is -0.133. The number of nitrogens with one attached hydrogen (secondary N) is 1. The van der Waals surface area contributed by atoms with Crippen LogP contribution in [0.3, 0.4) is 0 Å². The molecule has 1 aliphatic carbocycles. The molecule has 0 spiro atoms. The Labute approximate surface area is 105 Å². The quantitative estimate of drug-likeness (QED) is 0.814. The van der Waals surface area contributed by atoms with E-state index in [0.717, 1.165) is 19.0 Å². The van der Waals surface area contributed by atoms with Crippen LogP contribution in [-0.2, 0) is 4.79 Å². The minimum Gasteiger partial charge on any atom is -0.339 e. The van der Waals surface area contributed by atoms with Gasteiger partial charge in [0.2, 0.25) is 5.91 Å². The number of likely N-dealkylation sites (tertiary alicyclic amines) is 1. The van der Waals surface area contributed by atoms with Crippen molar-refractivity contribution in [1.29, 1.82) is 0 Å². The van der Waals surface area contributed by atoms with E-state index in [0.29, 0.717) is 24.4 Å². The third-order valence-electron chi connectivity index (χ3n) is 4.36. The summed E-state index contributed by atoms with van der Waals surface area (Å²) in [7, 11) is 0. The molecule has 1 saturated heterocycles. The van der Waals surface area contributed by atoms with Crippen molar-refractivity contribution in [3.63, 3.8) is 0 Å². The molecule has 3 unspecified atom stereocenters. The molecular weight excluding hydrogens is 212 g/mol. The monoisotopic (exact) mass is 238 g/mol. The van der Waals surface area contributed by atoms with Gasteiger partial charge in [-0.3, -0.25) is 4.79 Å². The maximum absolute atomic E-state index is 12.3. The Morgan fingerprint density at radius 3 is 2.88 bits per heavy atom. The second kappa shape index (κ2) is 5.85. The highest BCUT2D eigenvalue weighted by molar-refractivity contribution is 5.77. The van der Waals surface area contributed by atoms with Crippen molar-refractivity contribution in [2.45, 2.75) is 64.5 Å². The molecule has 17 heavy (non-hydrogen) atoms. The zero-order chi connectivity index (χ0) is 12.3. The number of carbonyl (C=O) groups is 1. The molecule has 2 rings (SSSR count). The Morgan fingerprint density at radius 1 is 1.35 bits per heavy atom. The minimum absolute atomic E-state index is 0.315. The lowest BCUT2D eigenvalue weighted by atomic mass is 9.85.